The quantitative estimate of drug-likeness (QED) is 0.701. The molecule has 0 bridgehead atoms. The normalized spacial score (nSPS) is 15.9. The van der Waals surface area contributed by atoms with Crippen LogP contribution in [0.15, 0.2) is 0 Å². The van der Waals surface area contributed by atoms with Gasteiger partial charge < -0.3 is 9.22 Å². The first-order chi connectivity index (χ1) is 5.81. The highest BCUT2D eigenvalue weighted by Crippen LogP contribution is 2.09. The molecule has 0 fully saturated rings. The minimum absolute atomic E-state index is 0.0997. The van der Waals surface area contributed by atoms with Crippen molar-refractivity contribution in [2.45, 2.75) is 50.9 Å². The van der Waals surface area contributed by atoms with Crippen molar-refractivity contribution in [3.63, 3.8) is 0 Å². The Kier molecular flexibility index (Phi) is 6.40. The first-order valence-electron chi connectivity index (χ1n) is 5.19. The van der Waals surface area contributed by atoms with Crippen molar-refractivity contribution in [1.29, 1.82) is 0 Å². The van der Waals surface area contributed by atoms with E-state index in [1.165, 1.54) is 6.04 Å². The molecule has 0 aliphatic heterocycles. The van der Waals surface area contributed by atoms with Gasteiger partial charge in [-0.3, -0.25) is 0 Å². The lowest BCUT2D eigenvalue weighted by molar-refractivity contribution is 0.304. The van der Waals surface area contributed by atoms with Gasteiger partial charge in [-0.2, -0.15) is 0 Å². The van der Waals surface area contributed by atoms with Gasteiger partial charge in [0.2, 0.25) is 0 Å². The summed E-state index contributed by atoms with van der Waals surface area (Å²) in [6.45, 7) is 10.7. The van der Waals surface area contributed by atoms with E-state index in [0.29, 0.717) is 5.73 Å². The minimum atomic E-state index is -1.77. The van der Waals surface area contributed by atoms with E-state index in [9.17, 15) is 4.80 Å². The second-order valence-electron chi connectivity index (χ2n) is 4.70. The fourth-order valence-electron chi connectivity index (χ4n) is 1.35. The van der Waals surface area contributed by atoms with E-state index in [1.54, 1.807) is 0 Å². The standard InChI is InChI=1S/C8H24O2Si3/c1-8(10-12(2)3)11-6-7-13(4,5)9/h8-9,12H,6-7,11H2,1-5H3. The zero-order chi connectivity index (χ0) is 10.5. The monoisotopic (exact) mass is 236 g/mol. The summed E-state index contributed by atoms with van der Waals surface area (Å²) in [5.74, 6) is 0. The lowest BCUT2D eigenvalue weighted by atomic mass is 10.9. The van der Waals surface area contributed by atoms with Crippen LogP contribution in [0, 0.1) is 0 Å². The molecule has 2 nitrogen and oxygen atoms in total. The van der Waals surface area contributed by atoms with Crippen LogP contribution in [0.4, 0.5) is 0 Å². The van der Waals surface area contributed by atoms with Gasteiger partial charge >= 0.3 is 0 Å². The summed E-state index contributed by atoms with van der Waals surface area (Å²) in [5, 5.41) is 0. The zero-order valence-corrected chi connectivity index (χ0v) is 13.2. The zero-order valence-electron chi connectivity index (χ0n) is 9.63. The molecule has 13 heavy (non-hydrogen) atoms. The second-order valence-corrected chi connectivity index (χ2v) is 13.6. The average Bonchev–Trinajstić information content (AvgIpc) is 1.81. The Morgan fingerprint density at radius 1 is 1.46 bits per heavy atom. The summed E-state index contributed by atoms with van der Waals surface area (Å²) in [6.07, 6.45) is 0. The van der Waals surface area contributed by atoms with Crippen molar-refractivity contribution >= 4 is 26.9 Å². The van der Waals surface area contributed by atoms with Crippen LogP contribution in [0.3, 0.4) is 0 Å². The van der Waals surface area contributed by atoms with Gasteiger partial charge in [-0.1, -0.05) is 6.04 Å². The average molecular weight is 237 g/mol. The van der Waals surface area contributed by atoms with Gasteiger partial charge in [0.25, 0.3) is 0 Å². The molecular formula is C8H24O2Si3. The van der Waals surface area contributed by atoms with Crippen LogP contribution < -0.4 is 0 Å². The summed E-state index contributed by atoms with van der Waals surface area (Å²) < 4.78 is 5.80. The lowest BCUT2D eigenvalue weighted by Gasteiger charge is -2.17. The molecular weight excluding hydrogens is 212 g/mol. The molecule has 0 saturated heterocycles. The molecule has 0 aromatic heterocycles. The van der Waals surface area contributed by atoms with Crippen LogP contribution >= 0.6 is 0 Å². The Bertz CT molecular complexity index is 134. The third kappa shape index (κ3) is 10.5. The fraction of sp³-hybridized carbons (Fsp3) is 1.00. The first kappa shape index (κ1) is 13.6. The SMILES string of the molecule is CC(O[SiH](C)C)[SiH2]CC[Si](C)(C)O. The maximum Gasteiger partial charge on any atom is 0.182 e. The molecule has 0 rings (SSSR count). The van der Waals surface area contributed by atoms with E-state index in [-0.39, 0.29) is 9.52 Å². The molecule has 0 aliphatic rings. The Balaban J connectivity index is 3.42. The van der Waals surface area contributed by atoms with Crippen LogP contribution in [0.5, 0.6) is 0 Å². The van der Waals surface area contributed by atoms with E-state index in [2.05, 4.69) is 20.0 Å². The van der Waals surface area contributed by atoms with Gasteiger partial charge in [-0.15, -0.1) is 0 Å². The van der Waals surface area contributed by atoms with E-state index in [1.807, 2.05) is 13.1 Å². The van der Waals surface area contributed by atoms with Gasteiger partial charge in [0, 0.05) is 5.73 Å². The molecule has 0 saturated carbocycles. The Morgan fingerprint density at radius 2 is 2.00 bits per heavy atom. The van der Waals surface area contributed by atoms with Gasteiger partial charge in [0.15, 0.2) is 17.4 Å². The van der Waals surface area contributed by atoms with Gasteiger partial charge in [-0.25, -0.2) is 0 Å². The molecule has 0 aromatic carbocycles. The van der Waals surface area contributed by atoms with Crippen LogP contribution in [0.25, 0.3) is 0 Å². The molecule has 0 amide bonds. The summed E-state index contributed by atoms with van der Waals surface area (Å²) in [6, 6.07) is 2.31. The maximum absolute atomic E-state index is 9.64. The molecule has 1 atom stereocenters. The molecule has 80 valence electrons. The van der Waals surface area contributed by atoms with E-state index in [4.69, 9.17) is 4.43 Å². The van der Waals surface area contributed by atoms with Crippen molar-refractivity contribution < 1.29 is 9.22 Å². The number of rotatable bonds is 6. The van der Waals surface area contributed by atoms with Crippen molar-refractivity contribution in [3.05, 3.63) is 0 Å². The highest BCUT2D eigenvalue weighted by Gasteiger charge is 2.16. The van der Waals surface area contributed by atoms with Crippen molar-refractivity contribution in [2.24, 2.45) is 0 Å². The smallest absolute Gasteiger partial charge is 0.182 e. The van der Waals surface area contributed by atoms with E-state index in [0.717, 1.165) is 6.04 Å². The summed E-state index contributed by atoms with van der Waals surface area (Å²) >= 11 is 0. The van der Waals surface area contributed by atoms with Gasteiger partial charge in [-0.05, 0) is 39.2 Å². The van der Waals surface area contributed by atoms with Gasteiger partial charge in [0.1, 0.15) is 0 Å². The third-order valence-electron chi connectivity index (χ3n) is 1.90. The highest BCUT2D eigenvalue weighted by atomic mass is 28.4. The number of hydrogen-bond acceptors (Lipinski definition) is 2. The van der Waals surface area contributed by atoms with Crippen molar-refractivity contribution in [2.75, 3.05) is 0 Å². The highest BCUT2D eigenvalue weighted by molar-refractivity contribution is 6.70. The first-order valence-corrected chi connectivity index (χ1v) is 12.9. The molecule has 0 heterocycles. The van der Waals surface area contributed by atoms with Crippen LogP contribution in [0.1, 0.15) is 6.92 Å². The molecule has 0 aromatic rings. The predicted octanol–water partition coefficient (Wildman–Crippen LogP) is 1.12. The summed E-state index contributed by atoms with van der Waals surface area (Å²) in [5.41, 5.74) is 0.531. The summed E-state index contributed by atoms with van der Waals surface area (Å²) in [7, 11) is -2.70. The predicted molar refractivity (Wildman–Crippen MR) is 67.3 cm³/mol. The maximum atomic E-state index is 9.64. The molecule has 0 spiro atoms. The van der Waals surface area contributed by atoms with Crippen molar-refractivity contribution in [1.82, 2.24) is 0 Å². The largest absolute Gasteiger partial charge is 0.432 e. The molecule has 1 N–H and O–H groups in total. The van der Waals surface area contributed by atoms with Crippen LogP contribution in [-0.2, 0) is 4.43 Å². The van der Waals surface area contributed by atoms with E-state index < -0.39 is 17.4 Å². The fourth-order valence-corrected chi connectivity index (χ4v) is 8.84. The molecule has 0 aliphatic carbocycles. The lowest BCUT2D eigenvalue weighted by Crippen LogP contribution is -2.28. The van der Waals surface area contributed by atoms with Crippen molar-refractivity contribution in [3.8, 4) is 0 Å². The van der Waals surface area contributed by atoms with E-state index >= 15 is 0 Å². The second kappa shape index (κ2) is 6.13. The van der Waals surface area contributed by atoms with Crippen LogP contribution in [0.2, 0.25) is 38.3 Å². The Morgan fingerprint density at radius 3 is 2.38 bits per heavy atom. The Labute approximate surface area is 87.4 Å². The minimum Gasteiger partial charge on any atom is -0.432 e. The number of hydrogen-bond donors (Lipinski definition) is 1. The third-order valence-corrected chi connectivity index (χ3v) is 7.35. The topological polar surface area (TPSA) is 29.5 Å². The summed E-state index contributed by atoms with van der Waals surface area (Å²) in [4.78, 5) is 9.64. The van der Waals surface area contributed by atoms with Gasteiger partial charge in [0.05, 0.1) is 9.52 Å². The molecule has 5 heteroatoms. The van der Waals surface area contributed by atoms with Crippen LogP contribution in [-0.4, -0.2) is 37.4 Å². The molecule has 1 unspecified atom stereocenters. The Hall–Kier alpha value is 0.571. The molecule has 0 radical (unpaired) electrons.